The molecule has 4 aromatic rings. The average molecular weight is 401 g/mol. The Labute approximate surface area is 163 Å². The maximum Gasteiger partial charge on any atom is 0.262 e. The molecule has 0 unspecified atom stereocenters. The van der Waals surface area contributed by atoms with E-state index in [1.54, 1.807) is 53.3 Å². The minimum absolute atomic E-state index is 0.167. The third-order valence-corrected chi connectivity index (χ3v) is 5.48. The highest BCUT2D eigenvalue weighted by molar-refractivity contribution is 7.98. The lowest BCUT2D eigenvalue weighted by atomic mass is 10.2. The first kappa shape index (κ1) is 17.8. The van der Waals surface area contributed by atoms with E-state index in [1.807, 2.05) is 6.07 Å². The average Bonchev–Trinajstić information content (AvgIpc) is 3.17. The van der Waals surface area contributed by atoms with Gasteiger partial charge in [0.1, 0.15) is 11.6 Å². The molecule has 0 bridgehead atoms. The van der Waals surface area contributed by atoms with Crippen molar-refractivity contribution in [2.45, 2.75) is 17.5 Å². The number of aromatic nitrogens is 2. The van der Waals surface area contributed by atoms with Crippen LogP contribution in [0.15, 0.2) is 75.2 Å². The number of fused-ring (bicyclic) bond motifs is 1. The van der Waals surface area contributed by atoms with E-state index in [-0.39, 0.29) is 23.7 Å². The van der Waals surface area contributed by atoms with Gasteiger partial charge in [-0.05, 0) is 36.4 Å². The van der Waals surface area contributed by atoms with Crippen molar-refractivity contribution in [2.24, 2.45) is 0 Å². The van der Waals surface area contributed by atoms with Crippen LogP contribution in [0, 0.1) is 5.82 Å². The number of rotatable bonds is 5. The largest absolute Gasteiger partial charge is 0.467 e. The van der Waals surface area contributed by atoms with Crippen LogP contribution in [0.4, 0.5) is 4.39 Å². The fraction of sp³-hybridized carbons (Fsp3) is 0.100. The van der Waals surface area contributed by atoms with Crippen LogP contribution in [-0.4, -0.2) is 9.55 Å². The van der Waals surface area contributed by atoms with Gasteiger partial charge in [0.25, 0.3) is 5.56 Å². The molecule has 0 aliphatic rings. The van der Waals surface area contributed by atoms with Crippen molar-refractivity contribution < 1.29 is 8.81 Å². The lowest BCUT2D eigenvalue weighted by Gasteiger charge is -2.13. The summed E-state index contributed by atoms with van der Waals surface area (Å²) in [6.45, 7) is 0.247. The first-order valence-electron chi connectivity index (χ1n) is 8.21. The standard InChI is InChI=1S/C20H14ClFN2O2S/c21-16-7-3-8-17(22)15(16)12-27-20-23-18-9-2-1-6-14(18)19(25)24(20)11-13-5-4-10-26-13/h1-10H,11-12H2. The van der Waals surface area contributed by atoms with E-state index in [0.29, 0.717) is 32.4 Å². The van der Waals surface area contributed by atoms with E-state index in [9.17, 15) is 9.18 Å². The van der Waals surface area contributed by atoms with E-state index in [2.05, 4.69) is 4.98 Å². The summed E-state index contributed by atoms with van der Waals surface area (Å²) in [5.74, 6) is 0.518. The highest BCUT2D eigenvalue weighted by atomic mass is 35.5. The zero-order chi connectivity index (χ0) is 18.8. The maximum atomic E-state index is 14.1. The highest BCUT2D eigenvalue weighted by Crippen LogP contribution is 2.28. The fourth-order valence-electron chi connectivity index (χ4n) is 2.76. The Morgan fingerprint density at radius 2 is 1.96 bits per heavy atom. The molecule has 0 radical (unpaired) electrons. The van der Waals surface area contributed by atoms with Crippen LogP contribution in [0.1, 0.15) is 11.3 Å². The smallest absolute Gasteiger partial charge is 0.262 e. The molecule has 2 aromatic heterocycles. The number of hydrogen-bond donors (Lipinski definition) is 0. The van der Waals surface area contributed by atoms with Gasteiger partial charge in [-0.1, -0.05) is 41.6 Å². The summed E-state index contributed by atoms with van der Waals surface area (Å²) in [5, 5.41) is 1.36. The van der Waals surface area contributed by atoms with Crippen LogP contribution in [-0.2, 0) is 12.3 Å². The number of thioether (sulfide) groups is 1. The van der Waals surface area contributed by atoms with Gasteiger partial charge < -0.3 is 4.42 Å². The van der Waals surface area contributed by atoms with Gasteiger partial charge in [-0.25, -0.2) is 9.37 Å². The fourth-order valence-corrected chi connectivity index (χ4v) is 4.10. The highest BCUT2D eigenvalue weighted by Gasteiger charge is 2.15. The topological polar surface area (TPSA) is 48.0 Å². The maximum absolute atomic E-state index is 14.1. The van der Waals surface area contributed by atoms with E-state index in [0.717, 1.165) is 0 Å². The summed E-state index contributed by atoms with van der Waals surface area (Å²) in [6.07, 6.45) is 1.56. The molecular weight excluding hydrogens is 387 g/mol. The molecule has 7 heteroatoms. The summed E-state index contributed by atoms with van der Waals surface area (Å²) >= 11 is 7.38. The van der Waals surface area contributed by atoms with Crippen molar-refractivity contribution in [1.29, 1.82) is 0 Å². The zero-order valence-corrected chi connectivity index (χ0v) is 15.6. The molecule has 0 atom stereocenters. The minimum Gasteiger partial charge on any atom is -0.467 e. The monoisotopic (exact) mass is 400 g/mol. The van der Waals surface area contributed by atoms with Crippen LogP contribution in [0.5, 0.6) is 0 Å². The first-order valence-corrected chi connectivity index (χ1v) is 9.57. The normalized spacial score (nSPS) is 11.2. The Morgan fingerprint density at radius 3 is 2.74 bits per heavy atom. The quantitative estimate of drug-likeness (QED) is 0.344. The molecule has 0 spiro atoms. The molecule has 0 aliphatic carbocycles. The SMILES string of the molecule is O=c1c2ccccc2nc(SCc2c(F)cccc2Cl)n1Cc1ccco1. The summed E-state index contributed by atoms with van der Waals surface area (Å²) < 4.78 is 21.0. The minimum atomic E-state index is -0.379. The van der Waals surface area contributed by atoms with E-state index >= 15 is 0 Å². The molecule has 136 valence electrons. The van der Waals surface area contributed by atoms with E-state index in [4.69, 9.17) is 16.0 Å². The van der Waals surface area contributed by atoms with E-state index in [1.165, 1.54) is 17.8 Å². The van der Waals surface area contributed by atoms with Crippen molar-refractivity contribution in [3.05, 3.63) is 93.4 Å². The molecule has 4 nitrogen and oxygen atoms in total. The Kier molecular flexibility index (Phi) is 5.01. The molecule has 0 fully saturated rings. The van der Waals surface area contributed by atoms with Gasteiger partial charge in [-0.3, -0.25) is 9.36 Å². The second-order valence-corrected chi connectivity index (χ2v) is 7.22. The number of nitrogens with zero attached hydrogens (tertiary/aromatic N) is 2. The number of benzene rings is 2. The van der Waals surface area contributed by atoms with Crippen LogP contribution in [0.25, 0.3) is 10.9 Å². The zero-order valence-electron chi connectivity index (χ0n) is 14.1. The molecule has 4 rings (SSSR count). The number of furan rings is 1. The molecule has 0 saturated heterocycles. The van der Waals surface area contributed by atoms with Crippen LogP contribution >= 0.6 is 23.4 Å². The van der Waals surface area contributed by atoms with Gasteiger partial charge in [0.15, 0.2) is 5.16 Å². The van der Waals surface area contributed by atoms with Crippen molar-refractivity contribution in [1.82, 2.24) is 9.55 Å². The molecule has 0 N–H and O–H groups in total. The van der Waals surface area contributed by atoms with Crippen LogP contribution in [0.2, 0.25) is 5.02 Å². The molecule has 2 heterocycles. The first-order chi connectivity index (χ1) is 13.1. The van der Waals surface area contributed by atoms with Crippen molar-refractivity contribution in [3.8, 4) is 0 Å². The Balaban J connectivity index is 1.77. The van der Waals surface area contributed by atoms with Crippen LogP contribution in [0.3, 0.4) is 0 Å². The predicted octanol–water partition coefficient (Wildman–Crippen LogP) is 5.12. The number of para-hydroxylation sites is 1. The second kappa shape index (κ2) is 7.58. The summed E-state index contributed by atoms with van der Waals surface area (Å²) in [7, 11) is 0. The van der Waals surface area contributed by atoms with E-state index < -0.39 is 0 Å². The summed E-state index contributed by atoms with van der Waals surface area (Å²) in [6, 6.07) is 15.3. The lowest BCUT2D eigenvalue weighted by Crippen LogP contribution is -2.23. The number of hydrogen-bond acceptors (Lipinski definition) is 4. The molecule has 0 amide bonds. The van der Waals surface area contributed by atoms with Crippen LogP contribution < -0.4 is 5.56 Å². The number of halogens is 2. The van der Waals surface area contributed by atoms with Gasteiger partial charge in [0.2, 0.25) is 0 Å². The Morgan fingerprint density at radius 1 is 1.11 bits per heavy atom. The third kappa shape index (κ3) is 3.63. The van der Waals surface area contributed by atoms with Gasteiger partial charge in [0, 0.05) is 16.3 Å². The van der Waals surface area contributed by atoms with Crippen molar-refractivity contribution in [2.75, 3.05) is 0 Å². The molecule has 0 aliphatic heterocycles. The molecule has 2 aromatic carbocycles. The van der Waals surface area contributed by atoms with Gasteiger partial charge in [0.05, 0.1) is 23.7 Å². The Hall–Kier alpha value is -2.57. The van der Waals surface area contributed by atoms with Crippen molar-refractivity contribution >= 4 is 34.3 Å². The summed E-state index contributed by atoms with van der Waals surface area (Å²) in [5.41, 5.74) is 0.815. The molecule has 0 saturated carbocycles. The van der Waals surface area contributed by atoms with Gasteiger partial charge >= 0.3 is 0 Å². The summed E-state index contributed by atoms with van der Waals surface area (Å²) in [4.78, 5) is 17.6. The Bertz CT molecular complexity index is 1140. The second-order valence-electron chi connectivity index (χ2n) is 5.87. The lowest BCUT2D eigenvalue weighted by molar-refractivity contribution is 0.476. The molecular formula is C20H14ClFN2O2S. The van der Waals surface area contributed by atoms with Gasteiger partial charge in [-0.15, -0.1) is 0 Å². The third-order valence-electron chi connectivity index (χ3n) is 4.13. The van der Waals surface area contributed by atoms with Gasteiger partial charge in [-0.2, -0.15) is 0 Å². The van der Waals surface area contributed by atoms with Crippen molar-refractivity contribution in [3.63, 3.8) is 0 Å². The molecule has 27 heavy (non-hydrogen) atoms. The predicted molar refractivity (Wildman–Crippen MR) is 105 cm³/mol.